The molecule has 0 saturated carbocycles. The summed E-state index contributed by atoms with van der Waals surface area (Å²) in [6.45, 7) is 0. The fourth-order valence-corrected chi connectivity index (χ4v) is 3.06. The molecule has 1 aromatic heterocycles. The van der Waals surface area contributed by atoms with Gasteiger partial charge in [0.15, 0.2) is 0 Å². The Labute approximate surface area is 136 Å². The lowest BCUT2D eigenvalue weighted by atomic mass is 10.2. The molecule has 0 saturated heterocycles. The molecule has 1 N–H and O–H groups in total. The van der Waals surface area contributed by atoms with Gasteiger partial charge in [-0.3, -0.25) is 4.21 Å². The monoisotopic (exact) mass is 331 g/mol. The first kappa shape index (κ1) is 14.9. The molecule has 3 rings (SSSR count). The average Bonchev–Trinajstić information content (AvgIpc) is 2.47. The number of halogens is 1. The molecule has 1 atom stereocenters. The van der Waals surface area contributed by atoms with E-state index < -0.39 is 10.8 Å². The summed E-state index contributed by atoms with van der Waals surface area (Å²) in [5, 5.41) is 4.83. The highest BCUT2D eigenvalue weighted by Gasteiger charge is 2.05. The Morgan fingerprint density at radius 2 is 2.05 bits per heavy atom. The van der Waals surface area contributed by atoms with Crippen molar-refractivity contribution in [2.75, 3.05) is 11.6 Å². The lowest BCUT2D eigenvalue weighted by Gasteiger charge is -2.09. The van der Waals surface area contributed by atoms with E-state index in [4.69, 9.17) is 11.6 Å². The largest absolute Gasteiger partial charge is 0.340 e. The highest BCUT2D eigenvalue weighted by Crippen LogP contribution is 2.25. The summed E-state index contributed by atoms with van der Waals surface area (Å²) >= 11 is 5.99. The zero-order valence-electron chi connectivity index (χ0n) is 11.9. The maximum absolute atomic E-state index is 11.3. The summed E-state index contributed by atoms with van der Waals surface area (Å²) in [6, 6.07) is 13.3. The average molecular weight is 332 g/mol. The maximum Gasteiger partial charge on any atom is 0.141 e. The summed E-state index contributed by atoms with van der Waals surface area (Å²) < 4.78 is 11.3. The van der Waals surface area contributed by atoms with Crippen LogP contribution in [0.15, 0.2) is 48.8 Å². The Balaban J connectivity index is 1.95. The van der Waals surface area contributed by atoms with Crippen molar-refractivity contribution >= 4 is 44.8 Å². The van der Waals surface area contributed by atoms with Crippen LogP contribution in [0.5, 0.6) is 0 Å². The first-order valence-electron chi connectivity index (χ1n) is 6.68. The highest BCUT2D eigenvalue weighted by atomic mass is 35.5. The molecule has 1 heterocycles. The quantitative estimate of drug-likeness (QED) is 0.787. The van der Waals surface area contributed by atoms with Crippen LogP contribution in [0, 0.1) is 0 Å². The molecule has 0 fully saturated rings. The lowest BCUT2D eigenvalue weighted by Crippen LogP contribution is -1.98. The highest BCUT2D eigenvalue weighted by molar-refractivity contribution is 7.83. The second kappa shape index (κ2) is 6.42. The molecule has 22 heavy (non-hydrogen) atoms. The minimum atomic E-state index is -0.864. The van der Waals surface area contributed by atoms with Crippen LogP contribution in [-0.4, -0.2) is 20.4 Å². The molecular formula is C16H14ClN3OS. The van der Waals surface area contributed by atoms with Gasteiger partial charge in [-0.2, -0.15) is 0 Å². The van der Waals surface area contributed by atoms with Crippen LogP contribution in [-0.2, 0) is 16.6 Å². The van der Waals surface area contributed by atoms with E-state index in [-0.39, 0.29) is 0 Å². The van der Waals surface area contributed by atoms with Crippen molar-refractivity contribution in [3.8, 4) is 0 Å². The van der Waals surface area contributed by atoms with E-state index in [2.05, 4.69) is 15.3 Å². The normalized spacial score (nSPS) is 12.3. The number of hydrogen-bond donors (Lipinski definition) is 1. The second-order valence-corrected chi connectivity index (χ2v) is 6.80. The van der Waals surface area contributed by atoms with Crippen molar-refractivity contribution in [1.29, 1.82) is 0 Å². The third kappa shape index (κ3) is 3.43. The molecule has 1 unspecified atom stereocenters. The molecule has 0 aliphatic rings. The van der Waals surface area contributed by atoms with Gasteiger partial charge in [-0.15, -0.1) is 0 Å². The molecule has 2 aromatic carbocycles. The summed E-state index contributed by atoms with van der Waals surface area (Å²) in [5.41, 5.74) is 2.71. The molecule has 0 amide bonds. The Morgan fingerprint density at radius 3 is 2.86 bits per heavy atom. The van der Waals surface area contributed by atoms with Gasteiger partial charge in [-0.25, -0.2) is 9.97 Å². The smallest absolute Gasteiger partial charge is 0.141 e. The SMILES string of the molecule is CS(=O)Cc1cccc(Nc2ncnc3cc(Cl)ccc23)c1. The van der Waals surface area contributed by atoms with Crippen molar-refractivity contribution in [2.45, 2.75) is 5.75 Å². The number of hydrogen-bond acceptors (Lipinski definition) is 4. The summed E-state index contributed by atoms with van der Waals surface area (Å²) in [4.78, 5) is 8.52. The number of benzene rings is 2. The number of fused-ring (bicyclic) bond motifs is 1. The Bertz CT molecular complexity index is 854. The molecule has 112 valence electrons. The fraction of sp³-hybridized carbons (Fsp3) is 0.125. The van der Waals surface area contributed by atoms with Gasteiger partial charge in [0.25, 0.3) is 0 Å². The predicted octanol–water partition coefficient (Wildman–Crippen LogP) is 3.91. The topological polar surface area (TPSA) is 54.9 Å². The Morgan fingerprint density at radius 1 is 1.18 bits per heavy atom. The van der Waals surface area contributed by atoms with Crippen molar-refractivity contribution < 1.29 is 4.21 Å². The molecule has 0 aliphatic heterocycles. The van der Waals surface area contributed by atoms with Crippen LogP contribution in [0.2, 0.25) is 5.02 Å². The van der Waals surface area contributed by atoms with Gasteiger partial charge in [-0.05, 0) is 35.9 Å². The number of rotatable bonds is 4. The molecule has 0 spiro atoms. The third-order valence-corrected chi connectivity index (χ3v) is 4.13. The van der Waals surface area contributed by atoms with Gasteiger partial charge < -0.3 is 5.32 Å². The van der Waals surface area contributed by atoms with E-state index in [0.29, 0.717) is 10.8 Å². The van der Waals surface area contributed by atoms with Crippen molar-refractivity contribution in [3.05, 3.63) is 59.4 Å². The number of nitrogens with one attached hydrogen (secondary N) is 1. The van der Waals surface area contributed by atoms with E-state index in [1.54, 1.807) is 12.3 Å². The molecule has 0 bridgehead atoms. The van der Waals surface area contributed by atoms with Crippen LogP contribution in [0.25, 0.3) is 10.9 Å². The zero-order valence-corrected chi connectivity index (χ0v) is 13.5. The molecule has 0 radical (unpaired) electrons. The van der Waals surface area contributed by atoms with Gasteiger partial charge in [0.2, 0.25) is 0 Å². The van der Waals surface area contributed by atoms with Crippen LogP contribution >= 0.6 is 11.6 Å². The minimum absolute atomic E-state index is 0.537. The first-order chi connectivity index (χ1) is 10.6. The van der Waals surface area contributed by atoms with Crippen molar-refractivity contribution in [2.24, 2.45) is 0 Å². The van der Waals surface area contributed by atoms with Gasteiger partial charge in [0.05, 0.1) is 5.52 Å². The van der Waals surface area contributed by atoms with Crippen LogP contribution in [0.3, 0.4) is 0 Å². The minimum Gasteiger partial charge on any atom is -0.340 e. The lowest BCUT2D eigenvalue weighted by molar-refractivity contribution is 0.686. The Hall–Kier alpha value is -1.98. The number of nitrogens with zero attached hydrogens (tertiary/aromatic N) is 2. The number of aromatic nitrogens is 2. The zero-order chi connectivity index (χ0) is 15.5. The first-order valence-corrected chi connectivity index (χ1v) is 8.78. The molecule has 0 aliphatic carbocycles. The summed E-state index contributed by atoms with van der Waals surface area (Å²) in [5.74, 6) is 1.26. The molecule has 3 aromatic rings. The van der Waals surface area contributed by atoms with Crippen LogP contribution in [0.1, 0.15) is 5.56 Å². The second-order valence-electron chi connectivity index (χ2n) is 4.93. The van der Waals surface area contributed by atoms with Crippen molar-refractivity contribution in [3.63, 3.8) is 0 Å². The van der Waals surface area contributed by atoms with Crippen LogP contribution < -0.4 is 5.32 Å². The summed E-state index contributed by atoms with van der Waals surface area (Å²) in [7, 11) is -0.864. The van der Waals surface area contributed by atoms with E-state index >= 15 is 0 Å². The summed E-state index contributed by atoms with van der Waals surface area (Å²) in [6.07, 6.45) is 3.20. The van der Waals surface area contributed by atoms with E-state index in [1.165, 1.54) is 6.33 Å². The third-order valence-electron chi connectivity index (χ3n) is 3.16. The Kier molecular flexibility index (Phi) is 4.36. The number of anilines is 2. The molecule has 4 nitrogen and oxygen atoms in total. The van der Waals surface area contributed by atoms with Gasteiger partial charge >= 0.3 is 0 Å². The molecular weight excluding hydrogens is 318 g/mol. The van der Waals surface area contributed by atoms with E-state index in [9.17, 15) is 4.21 Å². The van der Waals surface area contributed by atoms with Gasteiger partial charge in [0, 0.05) is 38.9 Å². The van der Waals surface area contributed by atoms with E-state index in [1.807, 2.05) is 36.4 Å². The van der Waals surface area contributed by atoms with Crippen molar-refractivity contribution in [1.82, 2.24) is 9.97 Å². The molecule has 6 heteroatoms. The van der Waals surface area contributed by atoms with Crippen LogP contribution in [0.4, 0.5) is 11.5 Å². The van der Waals surface area contributed by atoms with E-state index in [0.717, 1.165) is 28.0 Å². The maximum atomic E-state index is 11.3. The standard InChI is InChI=1S/C16H14ClN3OS/c1-22(21)9-11-3-2-4-13(7-11)20-16-14-6-5-12(17)8-15(14)18-10-19-16/h2-8,10H,9H2,1H3,(H,18,19,20). The van der Waals surface area contributed by atoms with Gasteiger partial charge in [0.1, 0.15) is 12.1 Å². The fourth-order valence-electron chi connectivity index (χ4n) is 2.24. The predicted molar refractivity (Wildman–Crippen MR) is 92.0 cm³/mol. The van der Waals surface area contributed by atoms with Gasteiger partial charge in [-0.1, -0.05) is 23.7 Å².